The molecule has 1 N–H and O–H groups in total. The van der Waals surface area contributed by atoms with Crippen LogP contribution in [0.4, 0.5) is 0 Å². The third-order valence-corrected chi connectivity index (χ3v) is 9.50. The molecule has 6 nitrogen and oxygen atoms in total. The predicted molar refractivity (Wildman–Crippen MR) is 142 cm³/mol. The zero-order chi connectivity index (χ0) is 25.5. The van der Waals surface area contributed by atoms with E-state index in [0.29, 0.717) is 24.2 Å². The van der Waals surface area contributed by atoms with Crippen LogP contribution < -0.4 is 17.1 Å². The Morgan fingerprint density at radius 3 is 2.42 bits per heavy atom. The minimum absolute atomic E-state index is 0. The first kappa shape index (κ1) is 27.2. The van der Waals surface area contributed by atoms with Gasteiger partial charge in [0.25, 0.3) is 5.89 Å². The second-order valence-corrected chi connectivity index (χ2v) is 11.8. The highest BCUT2D eigenvalue weighted by molar-refractivity contribution is 5.34. The molecule has 2 aromatic carbocycles. The second-order valence-electron chi connectivity index (χ2n) is 11.8. The maximum atomic E-state index is 12.2. The molecule has 2 atom stereocenters. The van der Waals surface area contributed by atoms with Gasteiger partial charge in [0.05, 0.1) is 13.1 Å². The molecule has 0 unspecified atom stereocenters. The zero-order valence-corrected chi connectivity index (χ0v) is 23.4. The minimum atomic E-state index is -1.22. The van der Waals surface area contributed by atoms with Crippen LogP contribution in [-0.4, -0.2) is 45.5 Å². The standard InChI is InChI=1S/C31H40N3O3.ClH/c1-22-13-14-27(19-23(22)2)36-28-20-34(17-15-24(28)16-18-34)21-29-32-30(33-37-29)31(35,25-9-5-3-6-10-25)26-11-7-4-8-12-26;/h3,5-6,9-10,13-14,19,24,26,28,35H,4,7-8,11-12,15-18,20-21H2,1-2H3;1H/q+1;/p-1/t24?,28-,31-,34?;/m0./s1. The Hall–Kier alpha value is -2.41. The van der Waals surface area contributed by atoms with Crippen molar-refractivity contribution >= 4 is 0 Å². The summed E-state index contributed by atoms with van der Waals surface area (Å²) in [5, 5.41) is 16.6. The third kappa shape index (κ3) is 5.11. The molecule has 0 radical (unpaired) electrons. The SMILES string of the molecule is Cc1ccc(O[C@H]2C[N+]3(Cc4nc([C@](O)(c5ccccc5)C5CCCCC5)no4)CCC2CC3)cc1C.[Cl-]. The number of fused-ring (bicyclic) bond motifs is 3. The highest BCUT2D eigenvalue weighted by Gasteiger charge is 2.49. The van der Waals surface area contributed by atoms with Crippen LogP contribution in [0.3, 0.4) is 0 Å². The van der Waals surface area contributed by atoms with Gasteiger partial charge in [0.1, 0.15) is 12.3 Å². The molecule has 38 heavy (non-hydrogen) atoms. The molecule has 4 heterocycles. The van der Waals surface area contributed by atoms with Crippen molar-refractivity contribution in [1.82, 2.24) is 10.1 Å². The number of hydrogen-bond acceptors (Lipinski definition) is 5. The number of aliphatic hydroxyl groups is 1. The molecule has 204 valence electrons. The monoisotopic (exact) mass is 537 g/mol. The van der Waals surface area contributed by atoms with Crippen LogP contribution in [-0.2, 0) is 12.1 Å². The highest BCUT2D eigenvalue weighted by Crippen LogP contribution is 2.43. The summed E-state index contributed by atoms with van der Waals surface area (Å²) in [6, 6.07) is 16.4. The largest absolute Gasteiger partial charge is 1.00 e. The second kappa shape index (κ2) is 11.0. The van der Waals surface area contributed by atoms with Crippen LogP contribution in [0, 0.1) is 25.7 Å². The van der Waals surface area contributed by atoms with E-state index >= 15 is 0 Å². The van der Waals surface area contributed by atoms with Gasteiger partial charge in [-0.3, -0.25) is 0 Å². The number of ether oxygens (including phenoxy) is 1. The van der Waals surface area contributed by atoms with Gasteiger partial charge in [0.15, 0.2) is 18.2 Å². The summed E-state index contributed by atoms with van der Waals surface area (Å²) in [6.45, 7) is 8.16. The minimum Gasteiger partial charge on any atom is -1.00 e. The number of rotatable bonds is 7. The lowest BCUT2D eigenvalue weighted by Gasteiger charge is -2.51. The number of hydrogen-bond donors (Lipinski definition) is 1. The molecule has 3 saturated heterocycles. The van der Waals surface area contributed by atoms with Gasteiger partial charge in [0.2, 0.25) is 5.82 Å². The number of piperidine rings is 3. The lowest BCUT2D eigenvalue weighted by Crippen LogP contribution is -3.00. The molecule has 7 heteroatoms. The lowest BCUT2D eigenvalue weighted by atomic mass is 9.73. The summed E-state index contributed by atoms with van der Waals surface area (Å²) < 4.78 is 13.4. The molecule has 0 amide bonds. The quantitative estimate of drug-likeness (QED) is 0.469. The third-order valence-electron chi connectivity index (χ3n) is 9.50. The maximum absolute atomic E-state index is 12.2. The molecule has 7 rings (SSSR count). The Labute approximate surface area is 232 Å². The van der Waals surface area contributed by atoms with Crippen molar-refractivity contribution < 1.29 is 31.3 Å². The van der Waals surface area contributed by atoms with Crippen LogP contribution in [0.25, 0.3) is 0 Å². The van der Waals surface area contributed by atoms with Crippen molar-refractivity contribution in [3.8, 4) is 5.75 Å². The van der Waals surface area contributed by atoms with Crippen molar-refractivity contribution in [3.05, 3.63) is 76.9 Å². The average Bonchev–Trinajstić information content (AvgIpc) is 3.40. The molecular formula is C31H40ClN3O3. The summed E-state index contributed by atoms with van der Waals surface area (Å²) in [7, 11) is 0. The number of nitrogens with zero attached hydrogens (tertiary/aromatic N) is 3. The van der Waals surface area contributed by atoms with Crippen molar-refractivity contribution in [3.63, 3.8) is 0 Å². The van der Waals surface area contributed by atoms with E-state index in [0.717, 1.165) is 74.0 Å². The molecule has 1 aromatic heterocycles. The summed E-state index contributed by atoms with van der Waals surface area (Å²) in [5.74, 6) is 2.73. The van der Waals surface area contributed by atoms with Gasteiger partial charge in [-0.1, -0.05) is 60.8 Å². The fourth-order valence-corrected chi connectivity index (χ4v) is 7.06. The first-order chi connectivity index (χ1) is 18.0. The maximum Gasteiger partial charge on any atom is 0.282 e. The smallest absolute Gasteiger partial charge is 0.282 e. The summed E-state index contributed by atoms with van der Waals surface area (Å²) >= 11 is 0. The number of quaternary nitrogens is 1. The molecule has 2 bridgehead atoms. The summed E-state index contributed by atoms with van der Waals surface area (Å²) in [6.07, 6.45) is 7.98. The van der Waals surface area contributed by atoms with Gasteiger partial charge < -0.3 is 31.3 Å². The van der Waals surface area contributed by atoms with E-state index in [1.807, 2.05) is 30.3 Å². The predicted octanol–water partition coefficient (Wildman–Crippen LogP) is 2.69. The van der Waals surface area contributed by atoms with Crippen molar-refractivity contribution in [2.75, 3.05) is 19.6 Å². The molecule has 1 aliphatic carbocycles. The zero-order valence-electron chi connectivity index (χ0n) is 22.6. The number of aromatic nitrogens is 2. The number of halogens is 1. The Morgan fingerprint density at radius 1 is 0.974 bits per heavy atom. The van der Waals surface area contributed by atoms with E-state index in [2.05, 4.69) is 37.2 Å². The van der Waals surface area contributed by atoms with E-state index in [4.69, 9.17) is 14.2 Å². The molecule has 0 spiro atoms. The molecule has 3 aliphatic heterocycles. The lowest BCUT2D eigenvalue weighted by molar-refractivity contribution is -0.959. The van der Waals surface area contributed by atoms with Gasteiger partial charge in [-0.2, -0.15) is 4.98 Å². The van der Waals surface area contributed by atoms with Gasteiger partial charge in [-0.05, 0) is 61.4 Å². The van der Waals surface area contributed by atoms with Gasteiger partial charge in [-0.15, -0.1) is 0 Å². The van der Waals surface area contributed by atoms with E-state index in [1.54, 1.807) is 0 Å². The molecule has 1 saturated carbocycles. The van der Waals surface area contributed by atoms with Gasteiger partial charge >= 0.3 is 0 Å². The normalized spacial score (nSPS) is 26.9. The van der Waals surface area contributed by atoms with E-state index < -0.39 is 5.60 Å². The topological polar surface area (TPSA) is 68.4 Å². The van der Waals surface area contributed by atoms with Crippen LogP contribution >= 0.6 is 0 Å². The van der Waals surface area contributed by atoms with E-state index in [1.165, 1.54) is 17.5 Å². The Morgan fingerprint density at radius 2 is 1.71 bits per heavy atom. The van der Waals surface area contributed by atoms with Crippen LogP contribution in [0.15, 0.2) is 53.1 Å². The molecule has 4 fully saturated rings. The fourth-order valence-electron chi connectivity index (χ4n) is 7.06. The van der Waals surface area contributed by atoms with Crippen LogP contribution in [0.1, 0.15) is 73.4 Å². The van der Waals surface area contributed by atoms with Crippen molar-refractivity contribution in [1.29, 1.82) is 0 Å². The highest BCUT2D eigenvalue weighted by atomic mass is 35.5. The summed E-state index contributed by atoms with van der Waals surface area (Å²) in [5.41, 5.74) is 2.21. The van der Waals surface area contributed by atoms with Crippen molar-refractivity contribution in [2.45, 2.75) is 77.0 Å². The average molecular weight is 538 g/mol. The first-order valence-electron chi connectivity index (χ1n) is 14.2. The summed E-state index contributed by atoms with van der Waals surface area (Å²) in [4.78, 5) is 4.88. The van der Waals surface area contributed by atoms with E-state index in [9.17, 15) is 5.11 Å². The fraction of sp³-hybridized carbons (Fsp3) is 0.548. The Bertz CT molecular complexity index is 1220. The van der Waals surface area contributed by atoms with E-state index in [-0.39, 0.29) is 24.4 Å². The number of benzene rings is 2. The molecule has 3 aromatic rings. The number of aryl methyl sites for hydroxylation is 2. The first-order valence-corrected chi connectivity index (χ1v) is 14.2. The molecule has 4 aliphatic rings. The van der Waals surface area contributed by atoms with Gasteiger partial charge in [0, 0.05) is 18.8 Å². The Balaban J connectivity index is 0.00000294. The Kier molecular flexibility index (Phi) is 7.86. The van der Waals surface area contributed by atoms with Crippen molar-refractivity contribution in [2.24, 2.45) is 11.8 Å². The van der Waals surface area contributed by atoms with Crippen LogP contribution in [0.2, 0.25) is 0 Å². The molecular weight excluding hydrogens is 498 g/mol. The van der Waals surface area contributed by atoms with Gasteiger partial charge in [-0.25, -0.2) is 0 Å². The van der Waals surface area contributed by atoms with Crippen LogP contribution in [0.5, 0.6) is 5.75 Å².